The molecule has 0 aliphatic heterocycles. The number of hydrogen-bond donors (Lipinski definition) is 1. The van der Waals surface area contributed by atoms with Crippen LogP contribution in [-0.4, -0.2) is 11.1 Å². The van der Waals surface area contributed by atoms with Gasteiger partial charge in [0.25, 0.3) is 0 Å². The number of hydrogen-bond acceptors (Lipinski definition) is 1. The lowest BCUT2D eigenvalue weighted by Crippen LogP contribution is -2.33. The fraction of sp³-hybridized carbons (Fsp3) is 0.500. The molecule has 0 heterocycles. The van der Waals surface area contributed by atoms with Gasteiger partial charge in [-0.15, -0.1) is 0 Å². The van der Waals surface area contributed by atoms with E-state index in [1.54, 1.807) is 13.8 Å². The minimum atomic E-state index is -0.969. The predicted octanol–water partition coefficient (Wildman–Crippen LogP) is 2.53. The molecule has 0 saturated heterocycles. The molecule has 0 spiro atoms. The zero-order valence-electron chi connectivity index (χ0n) is 7.75. The Kier molecular flexibility index (Phi) is 2.55. The molecule has 0 fully saturated rings. The summed E-state index contributed by atoms with van der Waals surface area (Å²) in [4.78, 5) is 10.8. The third-order valence-corrected chi connectivity index (χ3v) is 2.78. The Morgan fingerprint density at radius 1 is 1.77 bits per heavy atom. The van der Waals surface area contributed by atoms with E-state index in [0.29, 0.717) is 6.42 Å². The molecule has 3 heteroatoms. The number of allylic oxidation sites excluding steroid dienone is 3. The lowest BCUT2D eigenvalue weighted by atomic mass is 9.71. The maximum atomic E-state index is 13.4. The fourth-order valence-corrected chi connectivity index (χ4v) is 1.55. The van der Waals surface area contributed by atoms with Crippen molar-refractivity contribution in [1.29, 1.82) is 0 Å². The van der Waals surface area contributed by atoms with Crippen molar-refractivity contribution in [2.45, 2.75) is 20.3 Å². The van der Waals surface area contributed by atoms with E-state index in [9.17, 15) is 9.18 Å². The zero-order valence-corrected chi connectivity index (χ0v) is 7.75. The Hall–Kier alpha value is -1.12. The van der Waals surface area contributed by atoms with Gasteiger partial charge in [0.15, 0.2) is 0 Å². The van der Waals surface area contributed by atoms with Crippen molar-refractivity contribution in [2.24, 2.45) is 11.3 Å². The Morgan fingerprint density at radius 3 is 2.77 bits per heavy atom. The molecule has 1 aliphatic rings. The number of carboxylic acids is 1. The molecule has 0 radical (unpaired) electrons. The summed E-state index contributed by atoms with van der Waals surface area (Å²) in [5.41, 5.74) is -0.874. The molecular formula is C10H13FO2. The van der Waals surface area contributed by atoms with Crippen LogP contribution in [0, 0.1) is 11.3 Å². The highest BCUT2D eigenvalue weighted by Crippen LogP contribution is 2.42. The van der Waals surface area contributed by atoms with Crippen LogP contribution >= 0.6 is 0 Å². The first-order valence-corrected chi connectivity index (χ1v) is 4.29. The number of aliphatic carboxylic acids is 1. The van der Waals surface area contributed by atoms with E-state index >= 15 is 0 Å². The molecule has 0 aromatic carbocycles. The van der Waals surface area contributed by atoms with Crippen LogP contribution in [0.4, 0.5) is 4.39 Å². The van der Waals surface area contributed by atoms with Gasteiger partial charge in [0, 0.05) is 5.41 Å². The summed E-state index contributed by atoms with van der Waals surface area (Å²) >= 11 is 0. The molecule has 0 amide bonds. The summed E-state index contributed by atoms with van der Waals surface area (Å²) in [6, 6.07) is 0. The molecule has 2 nitrogen and oxygen atoms in total. The summed E-state index contributed by atoms with van der Waals surface area (Å²) in [6.45, 7) is 3.43. The molecule has 13 heavy (non-hydrogen) atoms. The van der Waals surface area contributed by atoms with Gasteiger partial charge in [-0.2, -0.15) is 0 Å². The van der Waals surface area contributed by atoms with Gasteiger partial charge in [-0.05, 0) is 12.5 Å². The van der Waals surface area contributed by atoms with Crippen LogP contribution in [0.2, 0.25) is 0 Å². The first-order valence-electron chi connectivity index (χ1n) is 4.29. The molecule has 1 rings (SSSR count). The quantitative estimate of drug-likeness (QED) is 0.716. The van der Waals surface area contributed by atoms with Crippen molar-refractivity contribution >= 4 is 5.97 Å². The van der Waals surface area contributed by atoms with E-state index in [2.05, 4.69) is 0 Å². The second kappa shape index (κ2) is 3.32. The Bertz CT molecular complexity index is 281. The van der Waals surface area contributed by atoms with Crippen molar-refractivity contribution in [3.63, 3.8) is 0 Å². The highest BCUT2D eigenvalue weighted by molar-refractivity contribution is 5.74. The third kappa shape index (κ3) is 1.50. The van der Waals surface area contributed by atoms with E-state index in [1.807, 2.05) is 0 Å². The standard InChI is InChI=1S/C10H13FO2/c1-3-10(2)7(9(12)13)5-4-6-8(10)11/h4-7H,3H2,1-2H3,(H,12,13). The first-order chi connectivity index (χ1) is 6.02. The van der Waals surface area contributed by atoms with Gasteiger partial charge in [-0.3, -0.25) is 4.79 Å². The summed E-state index contributed by atoms with van der Waals surface area (Å²) in [5, 5.41) is 8.88. The van der Waals surface area contributed by atoms with Crippen LogP contribution in [0.3, 0.4) is 0 Å². The van der Waals surface area contributed by atoms with Crippen LogP contribution in [0.1, 0.15) is 20.3 Å². The maximum Gasteiger partial charge on any atom is 0.311 e. The lowest BCUT2D eigenvalue weighted by molar-refractivity contribution is -0.143. The maximum absolute atomic E-state index is 13.4. The summed E-state index contributed by atoms with van der Waals surface area (Å²) in [5.74, 6) is -2.06. The van der Waals surface area contributed by atoms with E-state index in [-0.39, 0.29) is 5.83 Å². The molecule has 0 aromatic rings. The van der Waals surface area contributed by atoms with Gasteiger partial charge in [0.1, 0.15) is 5.83 Å². The summed E-state index contributed by atoms with van der Waals surface area (Å²) < 4.78 is 13.4. The third-order valence-electron chi connectivity index (χ3n) is 2.78. The summed E-state index contributed by atoms with van der Waals surface area (Å²) in [7, 11) is 0. The lowest BCUT2D eigenvalue weighted by Gasteiger charge is -2.32. The second-order valence-corrected chi connectivity index (χ2v) is 3.49. The van der Waals surface area contributed by atoms with Gasteiger partial charge < -0.3 is 5.11 Å². The van der Waals surface area contributed by atoms with Crippen molar-refractivity contribution in [1.82, 2.24) is 0 Å². The molecule has 2 unspecified atom stereocenters. The molecule has 2 atom stereocenters. The molecule has 0 bridgehead atoms. The van der Waals surface area contributed by atoms with Crippen LogP contribution in [0.5, 0.6) is 0 Å². The molecule has 1 aliphatic carbocycles. The molecular weight excluding hydrogens is 171 g/mol. The number of rotatable bonds is 2. The van der Waals surface area contributed by atoms with Crippen LogP contribution < -0.4 is 0 Å². The van der Waals surface area contributed by atoms with Crippen molar-refractivity contribution in [3.8, 4) is 0 Å². The van der Waals surface area contributed by atoms with E-state index < -0.39 is 17.3 Å². The van der Waals surface area contributed by atoms with Gasteiger partial charge in [-0.1, -0.05) is 26.0 Å². The second-order valence-electron chi connectivity index (χ2n) is 3.49. The molecule has 0 aromatic heterocycles. The normalized spacial score (nSPS) is 32.8. The molecule has 1 N–H and O–H groups in total. The average Bonchev–Trinajstić information content (AvgIpc) is 2.09. The SMILES string of the molecule is CCC1(C)C(F)=CC=CC1C(=O)O. The largest absolute Gasteiger partial charge is 0.481 e. The Morgan fingerprint density at radius 2 is 2.38 bits per heavy atom. The Balaban J connectivity index is 3.06. The smallest absolute Gasteiger partial charge is 0.311 e. The monoisotopic (exact) mass is 184 g/mol. The van der Waals surface area contributed by atoms with Gasteiger partial charge in [-0.25, -0.2) is 4.39 Å². The van der Waals surface area contributed by atoms with Crippen LogP contribution in [0.25, 0.3) is 0 Å². The highest BCUT2D eigenvalue weighted by Gasteiger charge is 2.41. The average molecular weight is 184 g/mol. The van der Waals surface area contributed by atoms with Crippen molar-refractivity contribution < 1.29 is 14.3 Å². The topological polar surface area (TPSA) is 37.3 Å². The minimum absolute atomic E-state index is 0.343. The Labute approximate surface area is 76.8 Å². The zero-order chi connectivity index (χ0) is 10.1. The minimum Gasteiger partial charge on any atom is -0.481 e. The highest BCUT2D eigenvalue weighted by atomic mass is 19.1. The van der Waals surface area contributed by atoms with Crippen LogP contribution in [-0.2, 0) is 4.79 Å². The van der Waals surface area contributed by atoms with E-state index in [1.165, 1.54) is 18.2 Å². The van der Waals surface area contributed by atoms with Crippen LogP contribution in [0.15, 0.2) is 24.1 Å². The number of carbonyl (C=O) groups is 1. The van der Waals surface area contributed by atoms with Gasteiger partial charge in [0.05, 0.1) is 5.92 Å². The predicted molar refractivity (Wildman–Crippen MR) is 47.9 cm³/mol. The van der Waals surface area contributed by atoms with E-state index in [0.717, 1.165) is 0 Å². The molecule has 0 saturated carbocycles. The van der Waals surface area contributed by atoms with E-state index in [4.69, 9.17) is 5.11 Å². The molecule has 72 valence electrons. The number of carboxylic acid groups (broad SMARTS) is 1. The summed E-state index contributed by atoms with van der Waals surface area (Å²) in [6.07, 6.45) is 4.82. The first kappa shape index (κ1) is 9.96. The van der Waals surface area contributed by atoms with Crippen molar-refractivity contribution in [3.05, 3.63) is 24.1 Å². The fourth-order valence-electron chi connectivity index (χ4n) is 1.55. The number of halogens is 1. The van der Waals surface area contributed by atoms with Crippen molar-refractivity contribution in [2.75, 3.05) is 0 Å². The van der Waals surface area contributed by atoms with Gasteiger partial charge >= 0.3 is 5.97 Å². The van der Waals surface area contributed by atoms with Gasteiger partial charge in [0.2, 0.25) is 0 Å².